The van der Waals surface area contributed by atoms with Crippen LogP contribution < -0.4 is 11.1 Å². The smallest absolute Gasteiger partial charge is 0.224 e. The van der Waals surface area contributed by atoms with Crippen LogP contribution in [0.5, 0.6) is 0 Å². The Morgan fingerprint density at radius 3 is 2.58 bits per heavy atom. The van der Waals surface area contributed by atoms with Gasteiger partial charge in [-0.25, -0.2) is 0 Å². The van der Waals surface area contributed by atoms with Gasteiger partial charge >= 0.3 is 0 Å². The number of thiocarbonyl (C=S) groups is 1. The summed E-state index contributed by atoms with van der Waals surface area (Å²) in [4.78, 5) is 12.1. The lowest BCUT2D eigenvalue weighted by Gasteiger charge is -2.12. The molecule has 4 nitrogen and oxygen atoms in total. The third kappa shape index (κ3) is 5.81. The van der Waals surface area contributed by atoms with Gasteiger partial charge in [-0.1, -0.05) is 36.5 Å². The molecule has 1 rings (SSSR count). The number of ether oxygens (including phenoxy) is 1. The standard InChI is InChI=1S/C14H20N2O2S/c1-3-18-10(2)9-16-13(17)8-11-4-6-12(7-5-11)14(15)19/h4-7,10H,3,8-9H2,1-2H3,(H2,15,19)(H,16,17). The highest BCUT2D eigenvalue weighted by molar-refractivity contribution is 7.80. The first-order valence-corrected chi connectivity index (χ1v) is 6.70. The van der Waals surface area contributed by atoms with Crippen molar-refractivity contribution in [1.82, 2.24) is 5.32 Å². The maximum absolute atomic E-state index is 11.7. The van der Waals surface area contributed by atoms with Crippen molar-refractivity contribution in [3.63, 3.8) is 0 Å². The molecule has 0 heterocycles. The first kappa shape index (κ1) is 15.6. The summed E-state index contributed by atoms with van der Waals surface area (Å²) in [5, 5.41) is 2.84. The largest absolute Gasteiger partial charge is 0.389 e. The van der Waals surface area contributed by atoms with Gasteiger partial charge in [0.1, 0.15) is 4.99 Å². The second-order valence-electron chi connectivity index (χ2n) is 4.31. The number of nitrogens with two attached hydrogens (primary N) is 1. The fourth-order valence-electron chi connectivity index (χ4n) is 1.64. The minimum atomic E-state index is -0.0189. The highest BCUT2D eigenvalue weighted by Crippen LogP contribution is 2.05. The van der Waals surface area contributed by atoms with Crippen molar-refractivity contribution >= 4 is 23.1 Å². The minimum Gasteiger partial charge on any atom is -0.389 e. The summed E-state index contributed by atoms with van der Waals surface area (Å²) in [6.45, 7) is 5.04. The Morgan fingerprint density at radius 1 is 1.42 bits per heavy atom. The van der Waals surface area contributed by atoms with E-state index >= 15 is 0 Å². The number of carbonyl (C=O) groups is 1. The lowest BCUT2D eigenvalue weighted by atomic mass is 10.1. The summed E-state index contributed by atoms with van der Waals surface area (Å²) in [5.41, 5.74) is 7.25. The molecule has 0 radical (unpaired) electrons. The summed E-state index contributed by atoms with van der Waals surface area (Å²) < 4.78 is 5.34. The van der Waals surface area contributed by atoms with Crippen LogP contribution in [0.2, 0.25) is 0 Å². The van der Waals surface area contributed by atoms with Crippen LogP contribution in [0.15, 0.2) is 24.3 Å². The first-order valence-electron chi connectivity index (χ1n) is 6.30. The van der Waals surface area contributed by atoms with E-state index < -0.39 is 0 Å². The third-order valence-corrected chi connectivity index (χ3v) is 2.88. The van der Waals surface area contributed by atoms with Gasteiger partial charge in [0.2, 0.25) is 5.91 Å². The fourth-order valence-corrected chi connectivity index (χ4v) is 1.77. The molecule has 5 heteroatoms. The molecule has 0 spiro atoms. The van der Waals surface area contributed by atoms with Gasteiger partial charge in [-0.05, 0) is 19.4 Å². The zero-order valence-electron chi connectivity index (χ0n) is 11.3. The molecule has 0 aliphatic rings. The molecule has 19 heavy (non-hydrogen) atoms. The van der Waals surface area contributed by atoms with E-state index in [1.54, 1.807) is 0 Å². The lowest BCUT2D eigenvalue weighted by molar-refractivity contribution is -0.121. The maximum Gasteiger partial charge on any atom is 0.224 e. The van der Waals surface area contributed by atoms with Gasteiger partial charge in [-0.15, -0.1) is 0 Å². The van der Waals surface area contributed by atoms with Gasteiger partial charge in [0.15, 0.2) is 0 Å². The van der Waals surface area contributed by atoms with Crippen molar-refractivity contribution in [3.05, 3.63) is 35.4 Å². The van der Waals surface area contributed by atoms with E-state index in [1.807, 2.05) is 38.1 Å². The van der Waals surface area contributed by atoms with E-state index in [-0.39, 0.29) is 12.0 Å². The summed E-state index contributed by atoms with van der Waals surface area (Å²) >= 11 is 4.87. The van der Waals surface area contributed by atoms with E-state index in [9.17, 15) is 4.79 Å². The van der Waals surface area contributed by atoms with Gasteiger partial charge < -0.3 is 15.8 Å². The average Bonchev–Trinajstić information content (AvgIpc) is 2.37. The molecule has 1 atom stereocenters. The number of amides is 1. The molecule has 0 saturated carbocycles. The number of hydrogen-bond donors (Lipinski definition) is 2. The van der Waals surface area contributed by atoms with Crippen LogP contribution in [-0.2, 0) is 16.0 Å². The number of benzene rings is 1. The molecular weight excluding hydrogens is 260 g/mol. The maximum atomic E-state index is 11.7. The predicted octanol–water partition coefficient (Wildman–Crippen LogP) is 1.40. The number of nitrogens with one attached hydrogen (secondary N) is 1. The minimum absolute atomic E-state index is 0.0189. The van der Waals surface area contributed by atoms with E-state index in [2.05, 4.69) is 5.32 Å². The molecule has 0 aromatic heterocycles. The van der Waals surface area contributed by atoms with Crippen molar-refractivity contribution in [2.45, 2.75) is 26.4 Å². The second-order valence-corrected chi connectivity index (χ2v) is 4.75. The van der Waals surface area contributed by atoms with Gasteiger partial charge in [-0.3, -0.25) is 4.79 Å². The van der Waals surface area contributed by atoms with E-state index in [0.29, 0.717) is 24.6 Å². The molecular formula is C14H20N2O2S. The molecule has 0 fully saturated rings. The Bertz CT molecular complexity index is 432. The molecule has 1 aromatic rings. The summed E-state index contributed by atoms with van der Waals surface area (Å²) in [6, 6.07) is 7.38. The molecule has 1 amide bonds. The predicted molar refractivity (Wildman–Crippen MR) is 80.1 cm³/mol. The van der Waals surface area contributed by atoms with E-state index in [1.165, 1.54) is 0 Å². The fraction of sp³-hybridized carbons (Fsp3) is 0.429. The quantitative estimate of drug-likeness (QED) is 0.741. The normalized spacial score (nSPS) is 11.9. The molecule has 104 valence electrons. The van der Waals surface area contributed by atoms with E-state index in [4.69, 9.17) is 22.7 Å². The van der Waals surface area contributed by atoms with Gasteiger partial charge in [0.05, 0.1) is 12.5 Å². The molecule has 1 aromatic carbocycles. The summed E-state index contributed by atoms with van der Waals surface area (Å²) in [5.74, 6) is -0.0189. The first-order chi connectivity index (χ1) is 9.02. The van der Waals surface area contributed by atoms with Crippen molar-refractivity contribution < 1.29 is 9.53 Å². The van der Waals surface area contributed by atoms with Crippen LogP contribution in [-0.4, -0.2) is 30.2 Å². The Balaban J connectivity index is 2.42. The zero-order valence-corrected chi connectivity index (χ0v) is 12.1. The highest BCUT2D eigenvalue weighted by atomic mass is 32.1. The Morgan fingerprint density at radius 2 is 2.05 bits per heavy atom. The van der Waals surface area contributed by atoms with Gasteiger partial charge in [-0.2, -0.15) is 0 Å². The van der Waals surface area contributed by atoms with Crippen molar-refractivity contribution in [3.8, 4) is 0 Å². The van der Waals surface area contributed by atoms with Crippen molar-refractivity contribution in [2.24, 2.45) is 5.73 Å². The summed E-state index contributed by atoms with van der Waals surface area (Å²) in [7, 11) is 0. The van der Waals surface area contributed by atoms with Crippen molar-refractivity contribution in [2.75, 3.05) is 13.2 Å². The van der Waals surface area contributed by atoms with E-state index in [0.717, 1.165) is 11.1 Å². The molecule has 0 bridgehead atoms. The SMILES string of the molecule is CCOC(C)CNC(=O)Cc1ccc(C(N)=S)cc1. The van der Waals surface area contributed by atoms with Gasteiger partial charge in [0.25, 0.3) is 0 Å². The second kappa shape index (κ2) is 7.86. The monoisotopic (exact) mass is 280 g/mol. The Kier molecular flexibility index (Phi) is 6.45. The molecule has 3 N–H and O–H groups in total. The Labute approximate surface area is 119 Å². The van der Waals surface area contributed by atoms with Crippen LogP contribution in [0.25, 0.3) is 0 Å². The topological polar surface area (TPSA) is 64.3 Å². The molecule has 1 unspecified atom stereocenters. The number of rotatable bonds is 7. The van der Waals surface area contributed by atoms with Crippen LogP contribution >= 0.6 is 12.2 Å². The van der Waals surface area contributed by atoms with Crippen LogP contribution in [0, 0.1) is 0 Å². The number of hydrogen-bond acceptors (Lipinski definition) is 3. The van der Waals surface area contributed by atoms with Gasteiger partial charge in [0, 0.05) is 18.7 Å². The molecule has 0 aliphatic carbocycles. The lowest BCUT2D eigenvalue weighted by Crippen LogP contribution is -2.33. The zero-order chi connectivity index (χ0) is 14.3. The average molecular weight is 280 g/mol. The van der Waals surface area contributed by atoms with Crippen LogP contribution in [0.3, 0.4) is 0 Å². The third-order valence-electron chi connectivity index (χ3n) is 2.64. The molecule has 0 aliphatic heterocycles. The van der Waals surface area contributed by atoms with Crippen LogP contribution in [0.4, 0.5) is 0 Å². The summed E-state index contributed by atoms with van der Waals surface area (Å²) in [6.07, 6.45) is 0.377. The number of carbonyl (C=O) groups excluding carboxylic acids is 1. The Hall–Kier alpha value is -1.46. The highest BCUT2D eigenvalue weighted by Gasteiger charge is 2.06. The van der Waals surface area contributed by atoms with Crippen molar-refractivity contribution in [1.29, 1.82) is 0 Å². The van der Waals surface area contributed by atoms with Crippen LogP contribution in [0.1, 0.15) is 25.0 Å². The molecule has 0 saturated heterocycles.